The molecule has 7 aromatic rings. The Morgan fingerprint density at radius 2 is 1.41 bits per heavy atom. The minimum atomic E-state index is 0.913. The van der Waals surface area contributed by atoms with Crippen molar-refractivity contribution in [1.82, 2.24) is 24.9 Å². The maximum absolute atomic E-state index is 4.73. The van der Waals surface area contributed by atoms with Crippen molar-refractivity contribution in [2.45, 2.75) is 13.8 Å². The van der Waals surface area contributed by atoms with Crippen molar-refractivity contribution in [2.75, 3.05) is 0 Å². The summed E-state index contributed by atoms with van der Waals surface area (Å²) in [5.41, 5.74) is 7.48. The van der Waals surface area contributed by atoms with E-state index in [1.807, 2.05) is 26.1 Å². The molecule has 3 aromatic heterocycles. The number of imidazole rings is 2. The van der Waals surface area contributed by atoms with Gasteiger partial charge in [0.15, 0.2) is 0 Å². The molecule has 0 fully saturated rings. The molecule has 0 aliphatic rings. The van der Waals surface area contributed by atoms with E-state index >= 15 is 0 Å². The predicted octanol–water partition coefficient (Wildman–Crippen LogP) is 6.58. The van der Waals surface area contributed by atoms with E-state index in [1.54, 1.807) is 0 Å². The van der Waals surface area contributed by atoms with Crippen LogP contribution in [-0.2, 0) is 0 Å². The van der Waals surface area contributed by atoms with Crippen molar-refractivity contribution in [1.29, 1.82) is 0 Å². The SMILES string of the molecule is Cc1nc2c(ccc3cc(-c4ccc5c(c4)c4ncccc4c4nc(C)[nH]c54)ccc32)[nH]1. The third-order valence-corrected chi connectivity index (χ3v) is 6.35. The first-order chi connectivity index (χ1) is 15.7. The molecule has 32 heavy (non-hydrogen) atoms. The molecule has 0 aliphatic carbocycles. The van der Waals surface area contributed by atoms with E-state index < -0.39 is 0 Å². The predicted molar refractivity (Wildman–Crippen MR) is 131 cm³/mol. The van der Waals surface area contributed by atoms with E-state index in [4.69, 9.17) is 9.97 Å². The average Bonchev–Trinajstić information content (AvgIpc) is 3.40. The van der Waals surface area contributed by atoms with E-state index in [0.29, 0.717) is 0 Å². The molecule has 0 atom stereocenters. The monoisotopic (exact) mass is 413 g/mol. The average molecular weight is 413 g/mol. The molecule has 0 unspecified atom stereocenters. The van der Waals surface area contributed by atoms with Gasteiger partial charge >= 0.3 is 0 Å². The van der Waals surface area contributed by atoms with Crippen LogP contribution in [0.3, 0.4) is 0 Å². The molecule has 4 aromatic carbocycles. The molecule has 0 bridgehead atoms. The fourth-order valence-corrected chi connectivity index (χ4v) is 4.94. The van der Waals surface area contributed by atoms with E-state index in [9.17, 15) is 0 Å². The lowest BCUT2D eigenvalue weighted by Crippen LogP contribution is -1.87. The molecule has 0 radical (unpaired) electrons. The number of benzene rings is 4. The lowest BCUT2D eigenvalue weighted by molar-refractivity contribution is 1.17. The summed E-state index contributed by atoms with van der Waals surface area (Å²) >= 11 is 0. The highest BCUT2D eigenvalue weighted by Gasteiger charge is 2.14. The van der Waals surface area contributed by atoms with Gasteiger partial charge in [0.25, 0.3) is 0 Å². The molecule has 5 nitrogen and oxygen atoms in total. The van der Waals surface area contributed by atoms with Crippen LogP contribution in [0.25, 0.3) is 65.6 Å². The summed E-state index contributed by atoms with van der Waals surface area (Å²) in [5, 5.41) is 5.70. The number of aromatic amines is 2. The number of hydrogen-bond donors (Lipinski definition) is 2. The standard InChI is InChI=1S/C27H19N5/c1-14-29-23-10-7-18-12-16(5-8-19(18)25(23)30-14)17-6-9-20-22(13-17)24-21(4-3-11-28-24)27-26(20)31-15(2)32-27/h3-13H,1-2H3,(H,29,30)(H,31,32). The minimum Gasteiger partial charge on any atom is -0.342 e. The molecule has 0 saturated heterocycles. The fraction of sp³-hybridized carbons (Fsp3) is 0.0741. The number of nitrogens with zero attached hydrogens (tertiary/aromatic N) is 3. The summed E-state index contributed by atoms with van der Waals surface area (Å²) < 4.78 is 0. The summed E-state index contributed by atoms with van der Waals surface area (Å²) in [6.45, 7) is 3.99. The smallest absolute Gasteiger partial charge is 0.104 e. The van der Waals surface area contributed by atoms with Crippen molar-refractivity contribution in [3.8, 4) is 11.1 Å². The lowest BCUT2D eigenvalue weighted by Gasteiger charge is -2.09. The topological polar surface area (TPSA) is 70.2 Å². The van der Waals surface area contributed by atoms with Crippen LogP contribution >= 0.6 is 0 Å². The van der Waals surface area contributed by atoms with Gasteiger partial charge in [-0.25, -0.2) is 9.97 Å². The van der Waals surface area contributed by atoms with E-state index in [0.717, 1.165) is 60.8 Å². The Labute approximate surface area is 183 Å². The first kappa shape index (κ1) is 17.4. The number of aromatic nitrogens is 5. The highest BCUT2D eigenvalue weighted by atomic mass is 14.9. The Morgan fingerprint density at radius 1 is 0.625 bits per heavy atom. The number of rotatable bonds is 1. The van der Waals surface area contributed by atoms with Crippen LogP contribution in [0.1, 0.15) is 11.6 Å². The summed E-state index contributed by atoms with van der Waals surface area (Å²) in [6.07, 6.45) is 1.85. The van der Waals surface area contributed by atoms with Gasteiger partial charge in [0.1, 0.15) is 11.6 Å². The van der Waals surface area contributed by atoms with Gasteiger partial charge in [0.2, 0.25) is 0 Å². The van der Waals surface area contributed by atoms with Crippen molar-refractivity contribution >= 4 is 54.5 Å². The second-order valence-electron chi connectivity index (χ2n) is 8.43. The van der Waals surface area contributed by atoms with Crippen molar-refractivity contribution in [3.05, 3.63) is 78.5 Å². The number of H-pyrrole nitrogens is 2. The Balaban J connectivity index is 1.50. The summed E-state index contributed by atoms with van der Waals surface area (Å²) in [5.74, 6) is 1.85. The van der Waals surface area contributed by atoms with E-state index in [-0.39, 0.29) is 0 Å². The Bertz CT molecular complexity index is 1860. The normalized spacial score (nSPS) is 12.1. The molecule has 0 amide bonds. The van der Waals surface area contributed by atoms with Crippen LogP contribution in [-0.4, -0.2) is 24.9 Å². The maximum Gasteiger partial charge on any atom is 0.104 e. The lowest BCUT2D eigenvalue weighted by atomic mass is 9.96. The Hall–Kier alpha value is -4.25. The zero-order valence-electron chi connectivity index (χ0n) is 17.7. The molecule has 7 rings (SSSR count). The zero-order valence-corrected chi connectivity index (χ0v) is 17.7. The highest BCUT2D eigenvalue weighted by Crippen LogP contribution is 2.36. The van der Waals surface area contributed by atoms with Crippen LogP contribution in [0.2, 0.25) is 0 Å². The van der Waals surface area contributed by atoms with Gasteiger partial charge in [0.05, 0.1) is 27.6 Å². The first-order valence-electron chi connectivity index (χ1n) is 10.7. The molecular weight excluding hydrogens is 394 g/mol. The number of nitrogens with one attached hydrogen (secondary N) is 2. The molecule has 0 aliphatic heterocycles. The Kier molecular flexibility index (Phi) is 3.34. The van der Waals surface area contributed by atoms with Crippen LogP contribution in [0.4, 0.5) is 0 Å². The van der Waals surface area contributed by atoms with Crippen molar-refractivity contribution < 1.29 is 0 Å². The molecule has 5 heteroatoms. The van der Waals surface area contributed by atoms with Crippen LogP contribution < -0.4 is 0 Å². The first-order valence-corrected chi connectivity index (χ1v) is 10.7. The van der Waals surface area contributed by atoms with Gasteiger partial charge in [-0.1, -0.05) is 30.3 Å². The third kappa shape index (κ3) is 2.36. The quantitative estimate of drug-likeness (QED) is 0.299. The van der Waals surface area contributed by atoms with Gasteiger partial charge in [-0.05, 0) is 60.7 Å². The summed E-state index contributed by atoms with van der Waals surface area (Å²) in [7, 11) is 0. The van der Waals surface area contributed by atoms with Crippen molar-refractivity contribution in [2.24, 2.45) is 0 Å². The van der Waals surface area contributed by atoms with E-state index in [1.165, 1.54) is 16.5 Å². The summed E-state index contributed by atoms with van der Waals surface area (Å²) in [6, 6.07) is 21.6. The number of aryl methyl sites for hydroxylation is 2. The molecular formula is C27H19N5. The minimum absolute atomic E-state index is 0.913. The van der Waals surface area contributed by atoms with Crippen LogP contribution in [0.15, 0.2) is 66.9 Å². The maximum atomic E-state index is 4.73. The molecule has 0 saturated carbocycles. The van der Waals surface area contributed by atoms with Crippen molar-refractivity contribution in [3.63, 3.8) is 0 Å². The third-order valence-electron chi connectivity index (χ3n) is 6.35. The number of fused-ring (bicyclic) bond motifs is 9. The van der Waals surface area contributed by atoms with Gasteiger partial charge in [-0.15, -0.1) is 0 Å². The molecule has 0 spiro atoms. The number of pyridine rings is 1. The van der Waals surface area contributed by atoms with Crippen LogP contribution in [0.5, 0.6) is 0 Å². The largest absolute Gasteiger partial charge is 0.342 e. The highest BCUT2D eigenvalue weighted by molar-refractivity contribution is 6.22. The Morgan fingerprint density at radius 3 is 2.31 bits per heavy atom. The van der Waals surface area contributed by atoms with Gasteiger partial charge < -0.3 is 9.97 Å². The fourth-order valence-electron chi connectivity index (χ4n) is 4.94. The van der Waals surface area contributed by atoms with Crippen LogP contribution in [0, 0.1) is 13.8 Å². The molecule has 2 N–H and O–H groups in total. The second kappa shape index (κ2) is 6.14. The second-order valence-corrected chi connectivity index (χ2v) is 8.43. The van der Waals surface area contributed by atoms with Gasteiger partial charge in [-0.2, -0.15) is 0 Å². The number of hydrogen-bond acceptors (Lipinski definition) is 3. The zero-order chi connectivity index (χ0) is 21.4. The molecule has 3 heterocycles. The summed E-state index contributed by atoms with van der Waals surface area (Å²) in [4.78, 5) is 20.9. The van der Waals surface area contributed by atoms with Gasteiger partial charge in [0, 0.05) is 27.7 Å². The van der Waals surface area contributed by atoms with E-state index in [2.05, 4.69) is 69.5 Å². The van der Waals surface area contributed by atoms with Gasteiger partial charge in [-0.3, -0.25) is 4.98 Å². The molecule has 152 valence electrons.